The number of nitrogen functional groups attached to an aromatic ring is 4. The third kappa shape index (κ3) is 12.1. The summed E-state index contributed by atoms with van der Waals surface area (Å²) < 4.78 is 32.9. The van der Waals surface area contributed by atoms with Crippen molar-refractivity contribution in [3.8, 4) is 0 Å². The molecular formula is C61H103N19O24. The smallest absolute Gasteiger partial charge is 0.354 e. The van der Waals surface area contributed by atoms with Gasteiger partial charge in [-0.25, -0.2) is 53.1 Å². The molecule has 43 nitrogen and oxygen atoms in total. The van der Waals surface area contributed by atoms with E-state index in [9.17, 15) is 95.5 Å². The average molecular weight is 1490 g/mol. The van der Waals surface area contributed by atoms with Crippen LogP contribution in [0.1, 0.15) is 138 Å². The number of guanidine groups is 1. The molecule has 25 N–H and O–H groups in total. The number of carbonyl (C=O) groups is 1. The maximum atomic E-state index is 12.1. The van der Waals surface area contributed by atoms with E-state index in [0.29, 0.717) is 0 Å². The van der Waals surface area contributed by atoms with Crippen LogP contribution >= 0.6 is 0 Å². The molecule has 0 aliphatic carbocycles. The van der Waals surface area contributed by atoms with Crippen molar-refractivity contribution in [1.29, 1.82) is 0 Å². The molecule has 20 unspecified atom stereocenters. The molecule has 6 aliphatic heterocycles. The summed E-state index contributed by atoms with van der Waals surface area (Å²) in [6.45, 7) is 26.1. The van der Waals surface area contributed by atoms with Gasteiger partial charge in [-0.05, 0) is 138 Å². The Morgan fingerprint density at radius 1 is 0.413 bits per heavy atom. The van der Waals surface area contributed by atoms with Gasteiger partial charge in [0.25, 0.3) is 0 Å². The number of nitrogens with two attached hydrogens (primary N) is 5. The van der Waals surface area contributed by atoms with Crippen LogP contribution in [-0.2, 0) is 46.6 Å². The van der Waals surface area contributed by atoms with Crippen molar-refractivity contribution in [2.75, 3.05) is 62.6 Å². The van der Waals surface area contributed by atoms with Crippen LogP contribution in [0.5, 0.6) is 0 Å². The molecule has 43 heteroatoms. The van der Waals surface area contributed by atoms with Gasteiger partial charge in [0.15, 0.2) is 34.6 Å². The molecule has 10 rings (SSSR count). The summed E-state index contributed by atoms with van der Waals surface area (Å²) in [4.78, 5) is 90.6. The fourth-order valence-corrected chi connectivity index (χ4v) is 13.8. The largest absolute Gasteiger partial charge is 0.393 e. The van der Waals surface area contributed by atoms with Crippen molar-refractivity contribution in [3.63, 3.8) is 0 Å². The third-order valence-electron chi connectivity index (χ3n) is 24.1. The number of amides is 2. The number of aromatic nitrogens is 11. The molecule has 2 amide bonds. The molecule has 0 bridgehead atoms. The van der Waals surface area contributed by atoms with Gasteiger partial charge in [-0.15, -0.1) is 0 Å². The predicted octanol–water partition coefficient (Wildman–Crippen LogP) is -7.52. The summed E-state index contributed by atoms with van der Waals surface area (Å²) in [6.07, 6.45) is 4.73. The van der Waals surface area contributed by atoms with Crippen LogP contribution < -0.4 is 56.7 Å². The van der Waals surface area contributed by atoms with Crippen LogP contribution in [0.3, 0.4) is 0 Å². The van der Waals surface area contributed by atoms with E-state index in [1.807, 2.05) is 0 Å². The average Bonchev–Trinajstić information content (AvgIpc) is 1.57. The van der Waals surface area contributed by atoms with Crippen LogP contribution in [0.2, 0.25) is 0 Å². The van der Waals surface area contributed by atoms with Crippen molar-refractivity contribution in [3.05, 3.63) is 73.2 Å². The Morgan fingerprint density at radius 3 is 0.981 bits per heavy atom. The van der Waals surface area contributed by atoms with E-state index in [0.717, 1.165) is 31.3 Å². The van der Waals surface area contributed by atoms with Gasteiger partial charge in [0.2, 0.25) is 17.8 Å². The summed E-state index contributed by atoms with van der Waals surface area (Å²) in [7, 11) is 0. The molecule has 4 aromatic rings. The van der Waals surface area contributed by atoms with E-state index in [1.165, 1.54) is 134 Å². The van der Waals surface area contributed by atoms with Crippen LogP contribution in [0.4, 0.5) is 28.5 Å². The highest BCUT2D eigenvalue weighted by Gasteiger charge is 2.77. The van der Waals surface area contributed by atoms with Crippen molar-refractivity contribution in [2.45, 2.75) is 246 Å². The van der Waals surface area contributed by atoms with Gasteiger partial charge in [-0.1, -0.05) is 6.92 Å². The molecule has 6 aliphatic rings. The number of aliphatic imine (C=N–C) groups is 1. The van der Waals surface area contributed by atoms with Gasteiger partial charge in [0.05, 0.1) is 38.6 Å². The van der Waals surface area contributed by atoms with E-state index < -0.39 is 168 Å². The molecule has 4 aromatic heterocycles. The van der Waals surface area contributed by atoms with E-state index in [-0.39, 0.29) is 42.9 Å². The fraction of sp³-hybridized carbons (Fsp3) is 0.754. The standard InChI is InChI=1S/C13H21N3O5.C12H22N4O5.2C12H20N4O5.C12H20N4O4/c1-10(7-17)11(2,19)12(3,20)13(4,21-10)16-6-5-8(14)15-9(16)18;3*1-9(5-17)10(2,19)11(3,20)12(4,21-9)16-6-14-7(13)15-8(16)18;1-7-11(3,19)10(2,5-17)20-12(7,4)16-6-14-8(13)15-9(16)18/h5-6,17,19-20H,7H2,1-4H3,(H2,14,15,18);17,19-20H,5-6H2,1-4H3,(H3,13,14,15,18);2*6,17,19-20H,5H2,1-4H3,(H2,13,15,18);6-7,17,19H,5H2,1-4H3,(H2,13,15,18). The minimum atomic E-state index is -1.92. The summed E-state index contributed by atoms with van der Waals surface area (Å²) in [5, 5.41) is 147. The van der Waals surface area contributed by atoms with Gasteiger partial charge >= 0.3 is 28.8 Å². The minimum absolute atomic E-state index is 0.0332. The lowest BCUT2D eigenvalue weighted by molar-refractivity contribution is -0.209. The highest BCUT2D eigenvalue weighted by Crippen LogP contribution is 2.58. The quantitative estimate of drug-likeness (QED) is 0.0701. The number of nitrogens with one attached hydrogen (secondary N) is 1. The van der Waals surface area contributed by atoms with E-state index in [2.05, 4.69) is 45.2 Å². The maximum Gasteiger partial charge on any atom is 0.354 e. The summed E-state index contributed by atoms with van der Waals surface area (Å²) in [6, 6.07) is 0.776. The van der Waals surface area contributed by atoms with E-state index in [1.54, 1.807) is 27.7 Å². The molecule has 20 atom stereocenters. The SMILES string of the molecule is CC1(CO)OC(C)(N2CN=C(N)NC2=O)C(C)(O)C1(C)O.CC1(CO)OC(C)(n2ccc(N)nc2=O)C(C)(O)C1(C)O.CC1(CO)OC(C)(n2cnc(N)nc2=O)C(C)(O)C1(C)O.CC1(CO)OC(C)(n2cnc(N)nc2=O)C(C)(O)C1(C)O.CC1C(C)(n2cnc(N)nc2=O)OC(C)(CO)C1(C)O. The van der Waals surface area contributed by atoms with Crippen molar-refractivity contribution in [1.82, 2.24) is 63.4 Å². The summed E-state index contributed by atoms with van der Waals surface area (Å²) in [5.41, 5.74) is -7.15. The number of rotatable bonds is 10. The van der Waals surface area contributed by atoms with Crippen LogP contribution in [0.15, 0.2) is 55.4 Å². The van der Waals surface area contributed by atoms with Gasteiger partial charge in [-0.2, -0.15) is 19.9 Å². The van der Waals surface area contributed by atoms with Gasteiger partial charge in [0, 0.05) is 12.1 Å². The number of aliphatic hydroxyl groups is 14. The Labute approximate surface area is 595 Å². The second-order valence-corrected chi connectivity index (χ2v) is 30.0. The first-order valence-corrected chi connectivity index (χ1v) is 32.3. The maximum absolute atomic E-state index is 12.1. The first kappa shape index (κ1) is 85.4. The molecule has 0 spiro atoms. The highest BCUT2D eigenvalue weighted by molar-refractivity contribution is 5.97. The molecular weight excluding hydrogens is 1380 g/mol. The molecule has 10 heterocycles. The zero-order valence-electron chi connectivity index (χ0n) is 61.8. The molecule has 0 radical (unpaired) electrons. The number of hydrogen-bond donors (Lipinski definition) is 20. The first-order chi connectivity index (χ1) is 46.8. The molecule has 5 fully saturated rings. The Kier molecular flexibility index (Phi) is 21.7. The normalized spacial score (nSPS) is 43.6. The Morgan fingerprint density at radius 2 is 0.702 bits per heavy atom. The lowest BCUT2D eigenvalue weighted by Crippen LogP contribution is -2.70. The van der Waals surface area contributed by atoms with Crippen LogP contribution in [-0.4, -0.2) is 265 Å². The van der Waals surface area contributed by atoms with E-state index in [4.69, 9.17) is 52.4 Å². The summed E-state index contributed by atoms with van der Waals surface area (Å²) in [5.74, 6) is -1.04. The topological polar surface area (TPSA) is 682 Å². The van der Waals surface area contributed by atoms with Gasteiger partial charge in [0.1, 0.15) is 104 Å². The summed E-state index contributed by atoms with van der Waals surface area (Å²) >= 11 is 0. The van der Waals surface area contributed by atoms with Crippen LogP contribution in [0.25, 0.3) is 0 Å². The second-order valence-electron chi connectivity index (χ2n) is 30.0. The van der Waals surface area contributed by atoms with Crippen LogP contribution in [0, 0.1) is 5.92 Å². The third-order valence-corrected chi connectivity index (χ3v) is 24.1. The number of urea groups is 1. The Bertz CT molecular complexity index is 3920. The number of hydrogen-bond acceptors (Lipinski definition) is 37. The van der Waals surface area contributed by atoms with E-state index >= 15 is 0 Å². The van der Waals surface area contributed by atoms with Crippen molar-refractivity contribution >= 4 is 35.7 Å². The second kappa shape index (κ2) is 26.5. The Hall–Kier alpha value is -7.51. The molecule has 0 aromatic carbocycles. The monoisotopic (exact) mass is 1490 g/mol. The zero-order valence-corrected chi connectivity index (χ0v) is 61.8. The lowest BCUT2D eigenvalue weighted by atomic mass is 9.73. The zero-order chi connectivity index (χ0) is 80.4. The molecule has 586 valence electrons. The van der Waals surface area contributed by atoms with Gasteiger partial charge < -0.3 is 124 Å². The number of ether oxygens (including phenoxy) is 5. The van der Waals surface area contributed by atoms with Crippen molar-refractivity contribution < 1.29 is 100.0 Å². The minimum Gasteiger partial charge on any atom is -0.393 e. The Balaban J connectivity index is 0.000000204. The predicted molar refractivity (Wildman–Crippen MR) is 363 cm³/mol. The lowest BCUT2D eigenvalue weighted by Gasteiger charge is -2.46. The number of nitrogens with zero attached hydrogens (tertiary/aromatic N) is 13. The van der Waals surface area contributed by atoms with Crippen molar-refractivity contribution in [2.24, 2.45) is 16.6 Å². The number of carbonyl (C=O) groups excluding carboxylic acids is 1. The first-order valence-electron chi connectivity index (χ1n) is 32.3. The molecule has 0 saturated carbocycles. The number of anilines is 4. The fourth-order valence-electron chi connectivity index (χ4n) is 13.8. The number of aliphatic hydroxyl groups excluding tert-OH is 5. The van der Waals surface area contributed by atoms with Gasteiger partial charge in [-0.3, -0.25) is 19.4 Å². The molecule has 104 heavy (non-hydrogen) atoms. The molecule has 5 saturated heterocycles. The highest BCUT2D eigenvalue weighted by atomic mass is 16.6.